The summed E-state index contributed by atoms with van der Waals surface area (Å²) in [6.45, 7) is 0.257. The van der Waals surface area contributed by atoms with Crippen LogP contribution in [0.2, 0.25) is 5.02 Å². The predicted octanol–water partition coefficient (Wildman–Crippen LogP) is 2.99. The molecule has 5 heteroatoms. The summed E-state index contributed by atoms with van der Waals surface area (Å²) in [6.07, 6.45) is 0. The number of benzene rings is 2. The zero-order chi connectivity index (χ0) is 13.8. The number of nitrogens with two attached hydrogens (primary N) is 1. The Hall–Kier alpha value is -2.07. The Kier molecular flexibility index (Phi) is 4.02. The molecule has 0 aliphatic rings. The van der Waals surface area contributed by atoms with Gasteiger partial charge in [-0.05, 0) is 29.8 Å². The molecule has 0 heterocycles. The standard InChI is InChI=1S/C14H12ClFN2O/c15-11-7-9(5-6-12(11)16)8-18-14(19)10-3-1-2-4-13(10)17/h1-7H,8,17H2,(H,18,19). The van der Waals surface area contributed by atoms with Crippen LogP contribution >= 0.6 is 11.6 Å². The first-order valence-corrected chi connectivity index (χ1v) is 6.02. The smallest absolute Gasteiger partial charge is 0.253 e. The Morgan fingerprint density at radius 2 is 2.00 bits per heavy atom. The number of nitrogen functional groups attached to an aromatic ring is 1. The number of para-hydroxylation sites is 1. The minimum Gasteiger partial charge on any atom is -0.398 e. The first kappa shape index (κ1) is 13.4. The highest BCUT2D eigenvalue weighted by molar-refractivity contribution is 6.30. The van der Waals surface area contributed by atoms with E-state index in [1.165, 1.54) is 12.1 Å². The first-order chi connectivity index (χ1) is 9.08. The number of rotatable bonds is 3. The molecular formula is C14H12ClFN2O. The lowest BCUT2D eigenvalue weighted by molar-refractivity contribution is 0.0952. The third kappa shape index (κ3) is 3.23. The average Bonchev–Trinajstić information content (AvgIpc) is 2.40. The molecule has 3 nitrogen and oxygen atoms in total. The number of hydrogen-bond acceptors (Lipinski definition) is 2. The summed E-state index contributed by atoms with van der Waals surface area (Å²) in [5, 5.41) is 2.74. The molecule has 0 saturated carbocycles. The summed E-state index contributed by atoms with van der Waals surface area (Å²) < 4.78 is 13.0. The van der Waals surface area contributed by atoms with E-state index in [9.17, 15) is 9.18 Å². The average molecular weight is 279 g/mol. The number of carbonyl (C=O) groups is 1. The molecule has 0 spiro atoms. The summed E-state index contributed by atoms with van der Waals surface area (Å²) >= 11 is 5.66. The van der Waals surface area contributed by atoms with Crippen molar-refractivity contribution in [3.05, 3.63) is 64.4 Å². The van der Waals surface area contributed by atoms with Gasteiger partial charge in [-0.2, -0.15) is 0 Å². The highest BCUT2D eigenvalue weighted by atomic mass is 35.5. The van der Waals surface area contributed by atoms with Gasteiger partial charge in [0.05, 0.1) is 10.6 Å². The molecule has 0 saturated heterocycles. The van der Waals surface area contributed by atoms with Crippen molar-refractivity contribution in [3.8, 4) is 0 Å². The normalized spacial score (nSPS) is 10.2. The van der Waals surface area contributed by atoms with Crippen LogP contribution in [0.1, 0.15) is 15.9 Å². The second kappa shape index (κ2) is 5.71. The Balaban J connectivity index is 2.04. The van der Waals surface area contributed by atoms with Crippen LogP contribution in [0.15, 0.2) is 42.5 Å². The van der Waals surface area contributed by atoms with Gasteiger partial charge in [0, 0.05) is 12.2 Å². The van der Waals surface area contributed by atoms with Crippen LogP contribution in [-0.4, -0.2) is 5.91 Å². The molecule has 0 fully saturated rings. The van der Waals surface area contributed by atoms with Crippen molar-refractivity contribution in [2.45, 2.75) is 6.54 Å². The topological polar surface area (TPSA) is 55.1 Å². The molecule has 3 N–H and O–H groups in total. The van der Waals surface area contributed by atoms with Gasteiger partial charge in [-0.3, -0.25) is 4.79 Å². The molecule has 2 rings (SSSR count). The third-order valence-corrected chi connectivity index (χ3v) is 2.93. The van der Waals surface area contributed by atoms with Gasteiger partial charge in [0.2, 0.25) is 0 Å². The van der Waals surface area contributed by atoms with E-state index >= 15 is 0 Å². The summed E-state index contributed by atoms with van der Waals surface area (Å²) in [6, 6.07) is 11.1. The molecule has 0 radical (unpaired) electrons. The van der Waals surface area contributed by atoms with E-state index in [0.29, 0.717) is 16.8 Å². The van der Waals surface area contributed by atoms with Crippen LogP contribution in [0.25, 0.3) is 0 Å². The number of anilines is 1. The van der Waals surface area contributed by atoms with Crippen LogP contribution in [0.3, 0.4) is 0 Å². The maximum atomic E-state index is 13.0. The largest absolute Gasteiger partial charge is 0.398 e. The van der Waals surface area contributed by atoms with Crippen molar-refractivity contribution in [2.75, 3.05) is 5.73 Å². The van der Waals surface area contributed by atoms with Gasteiger partial charge in [-0.25, -0.2) is 4.39 Å². The van der Waals surface area contributed by atoms with Crippen LogP contribution < -0.4 is 11.1 Å². The van der Waals surface area contributed by atoms with Crippen molar-refractivity contribution in [1.82, 2.24) is 5.32 Å². The van der Waals surface area contributed by atoms with E-state index in [-0.39, 0.29) is 17.5 Å². The number of carbonyl (C=O) groups excluding carboxylic acids is 1. The molecule has 2 aromatic rings. The quantitative estimate of drug-likeness (QED) is 0.848. The van der Waals surface area contributed by atoms with Crippen LogP contribution in [0.5, 0.6) is 0 Å². The molecule has 2 aromatic carbocycles. The molecule has 0 unspecified atom stereocenters. The second-order valence-corrected chi connectivity index (χ2v) is 4.43. The molecule has 0 atom stereocenters. The zero-order valence-electron chi connectivity index (χ0n) is 9.99. The molecule has 19 heavy (non-hydrogen) atoms. The number of amides is 1. The molecule has 98 valence electrons. The lowest BCUT2D eigenvalue weighted by atomic mass is 10.1. The van der Waals surface area contributed by atoms with Crippen LogP contribution in [0, 0.1) is 5.82 Å². The Labute approximate surface area is 115 Å². The third-order valence-electron chi connectivity index (χ3n) is 2.64. The van der Waals surface area contributed by atoms with Crippen molar-refractivity contribution >= 4 is 23.2 Å². The summed E-state index contributed by atoms with van der Waals surface area (Å²) in [5.41, 5.74) is 7.25. The zero-order valence-corrected chi connectivity index (χ0v) is 10.7. The van der Waals surface area contributed by atoms with E-state index in [1.807, 2.05) is 0 Å². The lowest BCUT2D eigenvalue weighted by Gasteiger charge is -2.08. The van der Waals surface area contributed by atoms with Crippen molar-refractivity contribution in [2.24, 2.45) is 0 Å². The fourth-order valence-corrected chi connectivity index (χ4v) is 1.83. The van der Waals surface area contributed by atoms with Crippen molar-refractivity contribution in [1.29, 1.82) is 0 Å². The van der Waals surface area contributed by atoms with E-state index < -0.39 is 5.82 Å². The first-order valence-electron chi connectivity index (χ1n) is 5.64. The molecule has 0 bridgehead atoms. The molecular weight excluding hydrogens is 267 g/mol. The van der Waals surface area contributed by atoms with E-state index in [0.717, 1.165) is 0 Å². The second-order valence-electron chi connectivity index (χ2n) is 4.02. The molecule has 1 amide bonds. The molecule has 0 aliphatic carbocycles. The van der Waals surface area contributed by atoms with Crippen LogP contribution in [-0.2, 0) is 6.54 Å². The number of nitrogens with one attached hydrogen (secondary N) is 1. The summed E-state index contributed by atoms with van der Waals surface area (Å²) in [5.74, 6) is -0.761. The molecule has 0 aromatic heterocycles. The summed E-state index contributed by atoms with van der Waals surface area (Å²) in [4.78, 5) is 11.9. The number of halogens is 2. The van der Waals surface area contributed by atoms with E-state index in [2.05, 4.69) is 5.32 Å². The predicted molar refractivity (Wildman–Crippen MR) is 73.4 cm³/mol. The van der Waals surface area contributed by atoms with Crippen LogP contribution in [0.4, 0.5) is 10.1 Å². The molecule has 0 aliphatic heterocycles. The van der Waals surface area contributed by atoms with Gasteiger partial charge in [0.1, 0.15) is 5.82 Å². The van der Waals surface area contributed by atoms with E-state index in [1.54, 1.807) is 30.3 Å². The van der Waals surface area contributed by atoms with Crippen molar-refractivity contribution in [3.63, 3.8) is 0 Å². The van der Waals surface area contributed by atoms with Gasteiger partial charge in [0.15, 0.2) is 0 Å². The lowest BCUT2D eigenvalue weighted by Crippen LogP contribution is -2.23. The Morgan fingerprint density at radius 3 is 2.68 bits per heavy atom. The Bertz CT molecular complexity index is 616. The highest BCUT2D eigenvalue weighted by Crippen LogP contribution is 2.16. The highest BCUT2D eigenvalue weighted by Gasteiger charge is 2.08. The number of hydrogen-bond donors (Lipinski definition) is 2. The van der Waals surface area contributed by atoms with E-state index in [4.69, 9.17) is 17.3 Å². The van der Waals surface area contributed by atoms with Crippen molar-refractivity contribution < 1.29 is 9.18 Å². The van der Waals surface area contributed by atoms with Gasteiger partial charge in [0.25, 0.3) is 5.91 Å². The minimum absolute atomic E-state index is 0.0333. The SMILES string of the molecule is Nc1ccccc1C(=O)NCc1ccc(F)c(Cl)c1. The van der Waals surface area contributed by atoms with Gasteiger partial charge >= 0.3 is 0 Å². The summed E-state index contributed by atoms with van der Waals surface area (Å²) in [7, 11) is 0. The van der Waals surface area contributed by atoms with Gasteiger partial charge in [-0.1, -0.05) is 29.8 Å². The fraction of sp³-hybridized carbons (Fsp3) is 0.0714. The fourth-order valence-electron chi connectivity index (χ4n) is 1.63. The maximum Gasteiger partial charge on any atom is 0.253 e. The van der Waals surface area contributed by atoms with Gasteiger partial charge in [-0.15, -0.1) is 0 Å². The maximum absolute atomic E-state index is 13.0. The van der Waals surface area contributed by atoms with Gasteiger partial charge < -0.3 is 11.1 Å². The minimum atomic E-state index is -0.482. The monoisotopic (exact) mass is 278 g/mol. The Morgan fingerprint density at radius 1 is 1.26 bits per heavy atom.